The third-order valence-corrected chi connectivity index (χ3v) is 6.38. The molecule has 0 aromatic heterocycles. The number of carbonyl (C=O) groups is 1. The highest BCUT2D eigenvalue weighted by Crippen LogP contribution is 2.37. The summed E-state index contributed by atoms with van der Waals surface area (Å²) in [4.78, 5) is 17.2. The molecular weight excluding hydrogens is 397 g/mol. The second kappa shape index (κ2) is 10.8. The molecular formula is C21H33Cl2N3O2. The lowest BCUT2D eigenvalue weighted by molar-refractivity contribution is -0.138. The van der Waals surface area contributed by atoms with Crippen molar-refractivity contribution in [1.29, 1.82) is 0 Å². The first-order valence-electron chi connectivity index (χ1n) is 10.1. The van der Waals surface area contributed by atoms with Crippen LogP contribution in [0, 0.1) is 5.41 Å². The number of nitrogens with one attached hydrogen (secondary N) is 1. The van der Waals surface area contributed by atoms with Crippen LogP contribution in [-0.4, -0.2) is 67.7 Å². The minimum atomic E-state index is 0. The van der Waals surface area contributed by atoms with Gasteiger partial charge in [0.1, 0.15) is 0 Å². The highest BCUT2D eigenvalue weighted by Gasteiger charge is 2.38. The predicted molar refractivity (Wildman–Crippen MR) is 116 cm³/mol. The van der Waals surface area contributed by atoms with Gasteiger partial charge in [-0.15, -0.1) is 24.8 Å². The Morgan fingerprint density at radius 1 is 1.11 bits per heavy atom. The van der Waals surface area contributed by atoms with Crippen molar-refractivity contribution in [1.82, 2.24) is 15.1 Å². The summed E-state index contributed by atoms with van der Waals surface area (Å²) in [5.41, 5.74) is 1.79. The van der Waals surface area contributed by atoms with E-state index in [0.29, 0.717) is 11.8 Å². The number of nitrogens with zero attached hydrogens (tertiary/aromatic N) is 2. The van der Waals surface area contributed by atoms with E-state index < -0.39 is 0 Å². The first-order chi connectivity index (χ1) is 12.7. The lowest BCUT2D eigenvalue weighted by atomic mass is 9.78. The normalized spacial score (nSPS) is 24.4. The lowest BCUT2D eigenvalue weighted by Crippen LogP contribution is -2.47. The molecule has 5 nitrogen and oxygen atoms in total. The lowest BCUT2D eigenvalue weighted by Gasteiger charge is -2.40. The van der Waals surface area contributed by atoms with Crippen molar-refractivity contribution in [2.75, 3.05) is 45.9 Å². The van der Waals surface area contributed by atoms with E-state index in [1.54, 1.807) is 0 Å². The van der Waals surface area contributed by atoms with E-state index in [0.717, 1.165) is 65.3 Å². The Labute approximate surface area is 181 Å². The van der Waals surface area contributed by atoms with Crippen LogP contribution in [-0.2, 0) is 16.1 Å². The van der Waals surface area contributed by atoms with Crippen molar-refractivity contribution in [2.24, 2.45) is 5.41 Å². The monoisotopic (exact) mass is 429 g/mol. The average molecular weight is 430 g/mol. The van der Waals surface area contributed by atoms with Crippen LogP contribution in [0.1, 0.15) is 31.2 Å². The smallest absolute Gasteiger partial charge is 0.225 e. The van der Waals surface area contributed by atoms with E-state index in [-0.39, 0.29) is 36.8 Å². The van der Waals surface area contributed by atoms with Gasteiger partial charge in [-0.05, 0) is 36.8 Å². The maximum absolute atomic E-state index is 12.7. The Morgan fingerprint density at radius 3 is 2.54 bits per heavy atom. The molecule has 0 radical (unpaired) electrons. The fourth-order valence-corrected chi connectivity index (χ4v) is 4.67. The van der Waals surface area contributed by atoms with Gasteiger partial charge in [0, 0.05) is 39.3 Å². The molecule has 3 heterocycles. The zero-order valence-electron chi connectivity index (χ0n) is 16.5. The molecule has 158 valence electrons. The Hall–Kier alpha value is -0.850. The van der Waals surface area contributed by atoms with Crippen LogP contribution in [0.15, 0.2) is 30.3 Å². The zero-order chi connectivity index (χ0) is 17.8. The van der Waals surface area contributed by atoms with Gasteiger partial charge in [-0.2, -0.15) is 0 Å². The van der Waals surface area contributed by atoms with Crippen LogP contribution in [0.5, 0.6) is 0 Å². The number of hydrogen-bond acceptors (Lipinski definition) is 4. The summed E-state index contributed by atoms with van der Waals surface area (Å²) >= 11 is 0. The molecule has 3 saturated heterocycles. The van der Waals surface area contributed by atoms with Crippen LogP contribution in [0.4, 0.5) is 0 Å². The summed E-state index contributed by atoms with van der Waals surface area (Å²) in [7, 11) is 0. The van der Waals surface area contributed by atoms with Crippen molar-refractivity contribution in [3.05, 3.63) is 35.9 Å². The third kappa shape index (κ3) is 5.83. The Bertz CT molecular complexity index is 601. The van der Waals surface area contributed by atoms with Crippen molar-refractivity contribution in [3.8, 4) is 0 Å². The molecule has 0 bridgehead atoms. The molecule has 3 aliphatic heterocycles. The molecule has 28 heavy (non-hydrogen) atoms. The number of morpholine rings is 1. The van der Waals surface area contributed by atoms with Gasteiger partial charge in [-0.1, -0.05) is 30.3 Å². The van der Waals surface area contributed by atoms with E-state index in [1.807, 2.05) is 0 Å². The van der Waals surface area contributed by atoms with E-state index in [9.17, 15) is 4.79 Å². The SMILES string of the molecule is Cl.Cl.O=C(CC1CN(Cc2ccccc2)CCO1)N1CCC2(CCNC2)CC1. The summed E-state index contributed by atoms with van der Waals surface area (Å²) in [5.74, 6) is 0.275. The van der Waals surface area contributed by atoms with Gasteiger partial charge in [0.15, 0.2) is 0 Å². The number of halogens is 2. The van der Waals surface area contributed by atoms with Crippen molar-refractivity contribution < 1.29 is 9.53 Å². The number of benzene rings is 1. The fourth-order valence-electron chi connectivity index (χ4n) is 4.67. The number of likely N-dealkylation sites (tertiary alicyclic amines) is 1. The maximum atomic E-state index is 12.7. The van der Waals surface area contributed by atoms with Gasteiger partial charge in [-0.25, -0.2) is 0 Å². The Kier molecular flexibility index (Phi) is 9.03. The molecule has 3 fully saturated rings. The van der Waals surface area contributed by atoms with Crippen LogP contribution in [0.25, 0.3) is 0 Å². The Balaban J connectivity index is 0.00000140. The quantitative estimate of drug-likeness (QED) is 0.798. The number of ether oxygens (including phenoxy) is 1. The van der Waals surface area contributed by atoms with Gasteiger partial charge < -0.3 is 15.0 Å². The minimum absolute atomic E-state index is 0. The van der Waals surface area contributed by atoms with E-state index in [1.165, 1.54) is 12.0 Å². The second-order valence-electron chi connectivity index (χ2n) is 8.23. The standard InChI is InChI=1S/C21H31N3O2.2ClH/c25-20(24-10-7-21(8-11-24)6-9-22-17-21)14-19-16-23(12-13-26-19)15-18-4-2-1-3-5-18;;/h1-5,19,22H,6-17H2;2*1H. The molecule has 4 rings (SSSR count). The van der Waals surface area contributed by atoms with Gasteiger partial charge >= 0.3 is 0 Å². The molecule has 1 aromatic carbocycles. The molecule has 0 aliphatic carbocycles. The zero-order valence-corrected chi connectivity index (χ0v) is 18.1. The predicted octanol–water partition coefficient (Wildman–Crippen LogP) is 2.72. The number of hydrogen-bond donors (Lipinski definition) is 1. The maximum Gasteiger partial charge on any atom is 0.225 e. The molecule has 1 N–H and O–H groups in total. The van der Waals surface area contributed by atoms with Gasteiger partial charge in [-0.3, -0.25) is 9.69 Å². The van der Waals surface area contributed by atoms with E-state index in [2.05, 4.69) is 45.4 Å². The highest BCUT2D eigenvalue weighted by atomic mass is 35.5. The molecule has 1 amide bonds. The highest BCUT2D eigenvalue weighted by molar-refractivity contribution is 5.85. The van der Waals surface area contributed by atoms with Crippen molar-refractivity contribution in [2.45, 2.75) is 38.3 Å². The summed E-state index contributed by atoms with van der Waals surface area (Å²) in [5, 5.41) is 3.49. The molecule has 1 aromatic rings. The molecule has 0 saturated carbocycles. The number of rotatable bonds is 4. The van der Waals surface area contributed by atoms with E-state index >= 15 is 0 Å². The molecule has 3 aliphatic rings. The summed E-state index contributed by atoms with van der Waals surface area (Å²) < 4.78 is 5.90. The average Bonchev–Trinajstić information content (AvgIpc) is 3.11. The van der Waals surface area contributed by atoms with Crippen LogP contribution in [0.3, 0.4) is 0 Å². The number of carbonyl (C=O) groups excluding carboxylic acids is 1. The fraction of sp³-hybridized carbons (Fsp3) is 0.667. The molecule has 1 spiro atoms. The first kappa shape index (κ1) is 23.4. The van der Waals surface area contributed by atoms with Crippen molar-refractivity contribution in [3.63, 3.8) is 0 Å². The van der Waals surface area contributed by atoms with Gasteiger partial charge in [0.25, 0.3) is 0 Å². The Morgan fingerprint density at radius 2 is 1.86 bits per heavy atom. The molecule has 1 unspecified atom stereocenters. The minimum Gasteiger partial charge on any atom is -0.375 e. The summed E-state index contributed by atoms with van der Waals surface area (Å²) in [6, 6.07) is 10.5. The van der Waals surface area contributed by atoms with Gasteiger partial charge in [0.05, 0.1) is 19.1 Å². The van der Waals surface area contributed by atoms with Gasteiger partial charge in [0.2, 0.25) is 5.91 Å². The largest absolute Gasteiger partial charge is 0.375 e. The topological polar surface area (TPSA) is 44.8 Å². The van der Waals surface area contributed by atoms with Crippen LogP contribution < -0.4 is 5.32 Å². The second-order valence-corrected chi connectivity index (χ2v) is 8.23. The van der Waals surface area contributed by atoms with Crippen LogP contribution >= 0.6 is 24.8 Å². The summed E-state index contributed by atoms with van der Waals surface area (Å²) in [6.45, 7) is 7.56. The number of amides is 1. The third-order valence-electron chi connectivity index (χ3n) is 6.38. The first-order valence-corrected chi connectivity index (χ1v) is 10.1. The van der Waals surface area contributed by atoms with Crippen LogP contribution in [0.2, 0.25) is 0 Å². The van der Waals surface area contributed by atoms with E-state index in [4.69, 9.17) is 4.74 Å². The molecule has 7 heteroatoms. The number of piperidine rings is 1. The molecule has 1 atom stereocenters. The van der Waals surface area contributed by atoms with Crippen molar-refractivity contribution >= 4 is 30.7 Å². The summed E-state index contributed by atoms with van der Waals surface area (Å²) in [6.07, 6.45) is 4.13.